The first kappa shape index (κ1) is 11.4. The molecule has 84 valence electrons. The van der Waals surface area contributed by atoms with E-state index in [1.54, 1.807) is 0 Å². The highest BCUT2D eigenvalue weighted by molar-refractivity contribution is 5.49. The minimum absolute atomic E-state index is 0.158. The number of alkyl halides is 3. The molecule has 1 aromatic rings. The van der Waals surface area contributed by atoms with Crippen molar-refractivity contribution in [2.24, 2.45) is 5.73 Å². The standard InChI is InChI=1S/C7H8F3N3O2/c8-7(9,10)15-4-1-5(12)13-3(2-11)6(4)14/h1,14H,2,11H2,(H2,12,13). The van der Waals surface area contributed by atoms with Crippen LogP contribution < -0.4 is 16.2 Å². The molecule has 1 rings (SSSR count). The summed E-state index contributed by atoms with van der Waals surface area (Å²) in [5.74, 6) is -1.79. The van der Waals surface area contributed by atoms with E-state index in [9.17, 15) is 18.3 Å². The second-order valence-corrected chi connectivity index (χ2v) is 2.59. The molecule has 5 N–H and O–H groups in total. The van der Waals surface area contributed by atoms with Crippen LogP contribution in [0.4, 0.5) is 19.0 Å². The lowest BCUT2D eigenvalue weighted by atomic mass is 10.3. The van der Waals surface area contributed by atoms with Crippen LogP contribution >= 0.6 is 0 Å². The van der Waals surface area contributed by atoms with Crippen LogP contribution in [0.2, 0.25) is 0 Å². The molecule has 15 heavy (non-hydrogen) atoms. The van der Waals surface area contributed by atoms with Crippen LogP contribution in [0.25, 0.3) is 0 Å². The van der Waals surface area contributed by atoms with Crippen LogP contribution in [0.5, 0.6) is 11.5 Å². The Morgan fingerprint density at radius 3 is 2.53 bits per heavy atom. The minimum atomic E-state index is -4.91. The van der Waals surface area contributed by atoms with Gasteiger partial charge in [-0.25, -0.2) is 4.98 Å². The van der Waals surface area contributed by atoms with E-state index < -0.39 is 17.9 Å². The second-order valence-electron chi connectivity index (χ2n) is 2.59. The molecule has 0 radical (unpaired) electrons. The molecule has 0 aliphatic carbocycles. The molecule has 0 saturated heterocycles. The summed E-state index contributed by atoms with van der Waals surface area (Å²) in [7, 11) is 0. The second kappa shape index (κ2) is 3.81. The molecule has 0 unspecified atom stereocenters. The number of hydrogen-bond donors (Lipinski definition) is 3. The van der Waals surface area contributed by atoms with Crippen molar-refractivity contribution in [1.82, 2.24) is 4.98 Å². The number of ether oxygens (including phenoxy) is 1. The Labute approximate surface area is 82.5 Å². The fourth-order valence-corrected chi connectivity index (χ4v) is 0.931. The highest BCUT2D eigenvalue weighted by Crippen LogP contribution is 2.34. The molecule has 0 aliphatic heterocycles. The zero-order chi connectivity index (χ0) is 11.6. The van der Waals surface area contributed by atoms with Gasteiger partial charge in [-0.15, -0.1) is 13.2 Å². The summed E-state index contributed by atoms with van der Waals surface area (Å²) in [5.41, 5.74) is 10.2. The van der Waals surface area contributed by atoms with Crippen LogP contribution in [0.3, 0.4) is 0 Å². The average molecular weight is 223 g/mol. The summed E-state index contributed by atoms with van der Waals surface area (Å²) >= 11 is 0. The van der Waals surface area contributed by atoms with Crippen molar-refractivity contribution in [3.63, 3.8) is 0 Å². The van der Waals surface area contributed by atoms with Crippen molar-refractivity contribution in [1.29, 1.82) is 0 Å². The number of pyridine rings is 1. The van der Waals surface area contributed by atoms with Crippen molar-refractivity contribution in [2.45, 2.75) is 12.9 Å². The zero-order valence-corrected chi connectivity index (χ0v) is 7.38. The van der Waals surface area contributed by atoms with Crippen LogP contribution in [0.1, 0.15) is 5.69 Å². The third-order valence-corrected chi connectivity index (χ3v) is 1.47. The zero-order valence-electron chi connectivity index (χ0n) is 7.38. The van der Waals surface area contributed by atoms with Crippen LogP contribution in [0.15, 0.2) is 6.07 Å². The number of aromatic nitrogens is 1. The Balaban J connectivity index is 3.12. The third kappa shape index (κ3) is 2.88. The van der Waals surface area contributed by atoms with Crippen LogP contribution in [-0.2, 0) is 6.54 Å². The number of rotatable bonds is 2. The highest BCUT2D eigenvalue weighted by Gasteiger charge is 2.33. The number of nitrogens with two attached hydrogens (primary N) is 2. The first-order chi connectivity index (χ1) is 6.83. The van der Waals surface area contributed by atoms with Crippen molar-refractivity contribution < 1.29 is 23.0 Å². The van der Waals surface area contributed by atoms with E-state index in [0.29, 0.717) is 0 Å². The van der Waals surface area contributed by atoms with Crippen molar-refractivity contribution in [3.05, 3.63) is 11.8 Å². The van der Waals surface area contributed by atoms with Gasteiger partial charge in [0, 0.05) is 12.6 Å². The number of nitrogens with zero attached hydrogens (tertiary/aromatic N) is 1. The van der Waals surface area contributed by atoms with Gasteiger partial charge in [0.15, 0.2) is 11.5 Å². The fourth-order valence-electron chi connectivity index (χ4n) is 0.931. The van der Waals surface area contributed by atoms with Gasteiger partial charge in [0.1, 0.15) is 11.5 Å². The van der Waals surface area contributed by atoms with Gasteiger partial charge in [0.2, 0.25) is 0 Å². The van der Waals surface area contributed by atoms with E-state index in [1.165, 1.54) is 0 Å². The van der Waals surface area contributed by atoms with Gasteiger partial charge in [-0.1, -0.05) is 0 Å². The number of halogens is 3. The first-order valence-electron chi connectivity index (χ1n) is 3.77. The summed E-state index contributed by atoms with van der Waals surface area (Å²) in [6.45, 7) is -0.245. The number of nitrogen functional groups attached to an aromatic ring is 1. The monoisotopic (exact) mass is 223 g/mol. The molecule has 8 heteroatoms. The maximum Gasteiger partial charge on any atom is 0.573 e. The summed E-state index contributed by atoms with van der Waals surface area (Å²) in [6.07, 6.45) is -4.91. The van der Waals surface area contributed by atoms with Crippen molar-refractivity contribution in [3.8, 4) is 11.5 Å². The largest absolute Gasteiger partial charge is 0.573 e. The first-order valence-corrected chi connectivity index (χ1v) is 3.77. The lowest BCUT2D eigenvalue weighted by Crippen LogP contribution is -2.18. The number of hydrogen-bond acceptors (Lipinski definition) is 5. The van der Waals surface area contributed by atoms with Crippen molar-refractivity contribution in [2.75, 3.05) is 5.73 Å². The van der Waals surface area contributed by atoms with Crippen molar-refractivity contribution >= 4 is 5.82 Å². The van der Waals surface area contributed by atoms with Gasteiger partial charge in [0.25, 0.3) is 0 Å². The van der Waals surface area contributed by atoms with Gasteiger partial charge in [-0.05, 0) is 0 Å². The van der Waals surface area contributed by atoms with Gasteiger partial charge >= 0.3 is 6.36 Å². The summed E-state index contributed by atoms with van der Waals surface area (Å²) in [4.78, 5) is 3.54. The Kier molecular flexibility index (Phi) is 2.89. The number of anilines is 1. The normalized spacial score (nSPS) is 11.5. The van der Waals surface area contributed by atoms with Gasteiger partial charge in [-0.2, -0.15) is 0 Å². The average Bonchev–Trinajstić information content (AvgIpc) is 2.08. The van der Waals surface area contributed by atoms with Crippen LogP contribution in [0, 0.1) is 0 Å². The van der Waals surface area contributed by atoms with Crippen LogP contribution in [-0.4, -0.2) is 16.5 Å². The molecular formula is C7H8F3N3O2. The summed E-state index contributed by atoms with van der Waals surface area (Å²) in [5, 5.41) is 9.25. The molecule has 0 atom stereocenters. The predicted molar refractivity (Wildman–Crippen MR) is 44.9 cm³/mol. The molecule has 0 bridgehead atoms. The summed E-state index contributed by atoms with van der Waals surface area (Å²) in [6, 6.07) is 0.766. The van der Waals surface area contributed by atoms with E-state index in [0.717, 1.165) is 6.07 Å². The predicted octanol–water partition coefficient (Wildman–Crippen LogP) is 0.727. The molecule has 1 aromatic heterocycles. The molecule has 1 heterocycles. The summed E-state index contributed by atoms with van der Waals surface area (Å²) < 4.78 is 39.1. The lowest BCUT2D eigenvalue weighted by Gasteiger charge is -2.12. The highest BCUT2D eigenvalue weighted by atomic mass is 19.4. The Morgan fingerprint density at radius 1 is 1.47 bits per heavy atom. The SMILES string of the molecule is NCc1nc(N)cc(OC(F)(F)F)c1O. The molecule has 0 fully saturated rings. The lowest BCUT2D eigenvalue weighted by molar-refractivity contribution is -0.275. The van der Waals surface area contributed by atoms with E-state index in [1.807, 2.05) is 0 Å². The van der Waals surface area contributed by atoms with E-state index >= 15 is 0 Å². The number of aromatic hydroxyl groups is 1. The van der Waals surface area contributed by atoms with E-state index in [-0.39, 0.29) is 18.1 Å². The Bertz CT molecular complexity index is 367. The maximum absolute atomic E-state index is 11.9. The Hall–Kier alpha value is -1.70. The molecule has 0 spiro atoms. The molecule has 0 amide bonds. The fraction of sp³-hybridized carbons (Fsp3) is 0.286. The molecular weight excluding hydrogens is 215 g/mol. The minimum Gasteiger partial charge on any atom is -0.503 e. The molecule has 0 aromatic carbocycles. The Morgan fingerprint density at radius 2 is 2.07 bits per heavy atom. The van der Waals surface area contributed by atoms with Gasteiger partial charge < -0.3 is 21.3 Å². The smallest absolute Gasteiger partial charge is 0.503 e. The maximum atomic E-state index is 11.9. The van der Waals surface area contributed by atoms with E-state index in [4.69, 9.17) is 11.5 Å². The quantitative estimate of drug-likeness (QED) is 0.686. The molecule has 0 aliphatic rings. The van der Waals surface area contributed by atoms with E-state index in [2.05, 4.69) is 9.72 Å². The topological polar surface area (TPSA) is 94.4 Å². The van der Waals surface area contributed by atoms with Gasteiger partial charge in [-0.3, -0.25) is 0 Å². The van der Waals surface area contributed by atoms with Gasteiger partial charge in [0.05, 0.1) is 0 Å². The molecule has 0 saturated carbocycles. The third-order valence-electron chi connectivity index (χ3n) is 1.47. The molecule has 5 nitrogen and oxygen atoms in total.